The minimum absolute atomic E-state index is 0.0479. The van der Waals surface area contributed by atoms with Crippen LogP contribution in [0.3, 0.4) is 0 Å². The second-order valence-electron chi connectivity index (χ2n) is 4.10. The van der Waals surface area contributed by atoms with Crippen molar-refractivity contribution in [3.8, 4) is 11.8 Å². The summed E-state index contributed by atoms with van der Waals surface area (Å²) in [6.45, 7) is 4.55. The summed E-state index contributed by atoms with van der Waals surface area (Å²) in [6, 6.07) is 5.39. The quantitative estimate of drug-likeness (QED) is 0.628. The van der Waals surface area contributed by atoms with Gasteiger partial charge < -0.3 is 10.4 Å². The Kier molecular flexibility index (Phi) is 5.96. The van der Waals surface area contributed by atoms with Crippen molar-refractivity contribution in [1.29, 1.82) is 0 Å². The van der Waals surface area contributed by atoms with Crippen LogP contribution in [0.15, 0.2) is 18.2 Å². The van der Waals surface area contributed by atoms with Gasteiger partial charge in [0, 0.05) is 17.7 Å². The number of unbranched alkanes of at least 4 members (excludes halogenated alkanes) is 1. The van der Waals surface area contributed by atoms with E-state index in [0.717, 1.165) is 24.0 Å². The number of carbonyl (C=O) groups is 1. The van der Waals surface area contributed by atoms with Crippen LogP contribution in [0.4, 0.5) is 0 Å². The molecule has 0 heterocycles. The summed E-state index contributed by atoms with van der Waals surface area (Å²) in [7, 11) is 0. The van der Waals surface area contributed by atoms with Crippen molar-refractivity contribution >= 4 is 5.91 Å². The molecule has 18 heavy (non-hydrogen) atoms. The van der Waals surface area contributed by atoms with Gasteiger partial charge in [-0.05, 0) is 37.1 Å². The molecule has 0 saturated heterocycles. The van der Waals surface area contributed by atoms with E-state index in [2.05, 4.69) is 24.1 Å². The lowest BCUT2D eigenvalue weighted by molar-refractivity contribution is 0.0953. The zero-order chi connectivity index (χ0) is 13.4. The number of carbonyl (C=O) groups excluding carboxylic acids is 1. The van der Waals surface area contributed by atoms with Crippen LogP contribution in [-0.4, -0.2) is 24.2 Å². The van der Waals surface area contributed by atoms with Gasteiger partial charge in [-0.15, -0.1) is 0 Å². The first-order chi connectivity index (χ1) is 8.69. The molecule has 1 amide bonds. The van der Waals surface area contributed by atoms with Crippen LogP contribution < -0.4 is 5.32 Å². The zero-order valence-electron chi connectivity index (χ0n) is 10.9. The number of nitrogens with one attached hydrogen (secondary N) is 1. The van der Waals surface area contributed by atoms with E-state index < -0.39 is 0 Å². The van der Waals surface area contributed by atoms with Crippen LogP contribution in [0.5, 0.6) is 0 Å². The second-order valence-corrected chi connectivity index (χ2v) is 4.10. The van der Waals surface area contributed by atoms with E-state index in [1.165, 1.54) is 0 Å². The second kappa shape index (κ2) is 7.52. The van der Waals surface area contributed by atoms with Gasteiger partial charge in [-0.1, -0.05) is 25.2 Å². The first-order valence-corrected chi connectivity index (χ1v) is 6.17. The summed E-state index contributed by atoms with van der Waals surface area (Å²) in [5, 5.41) is 11.5. The fourth-order valence-electron chi connectivity index (χ4n) is 1.56. The van der Waals surface area contributed by atoms with E-state index in [1.807, 2.05) is 19.1 Å². The zero-order valence-corrected chi connectivity index (χ0v) is 10.9. The Morgan fingerprint density at radius 2 is 2.22 bits per heavy atom. The number of aliphatic hydroxyl groups is 1. The molecular weight excluding hydrogens is 226 g/mol. The first kappa shape index (κ1) is 14.3. The Hall–Kier alpha value is -1.79. The van der Waals surface area contributed by atoms with Gasteiger partial charge >= 0.3 is 0 Å². The van der Waals surface area contributed by atoms with E-state index in [1.54, 1.807) is 6.07 Å². The topological polar surface area (TPSA) is 49.3 Å². The predicted molar refractivity (Wildman–Crippen MR) is 72.4 cm³/mol. The van der Waals surface area contributed by atoms with Crippen molar-refractivity contribution in [3.63, 3.8) is 0 Å². The molecule has 1 rings (SSSR count). The molecule has 0 aliphatic carbocycles. The van der Waals surface area contributed by atoms with Crippen molar-refractivity contribution in [2.45, 2.75) is 26.7 Å². The molecule has 0 atom stereocenters. The molecule has 96 valence electrons. The monoisotopic (exact) mass is 245 g/mol. The molecule has 0 aliphatic heterocycles. The van der Waals surface area contributed by atoms with Gasteiger partial charge in [-0.25, -0.2) is 0 Å². The van der Waals surface area contributed by atoms with E-state index in [4.69, 9.17) is 5.11 Å². The molecule has 1 aromatic carbocycles. The van der Waals surface area contributed by atoms with Crippen LogP contribution in [0.1, 0.15) is 41.3 Å². The summed E-state index contributed by atoms with van der Waals surface area (Å²) in [4.78, 5) is 11.8. The molecule has 0 aliphatic rings. The molecule has 3 nitrogen and oxygen atoms in total. The molecule has 0 saturated carbocycles. The van der Waals surface area contributed by atoms with Gasteiger partial charge in [0.25, 0.3) is 5.91 Å². The summed E-state index contributed by atoms with van der Waals surface area (Å²) in [6.07, 6.45) is 2.06. The number of aliphatic hydroxyl groups excluding tert-OH is 1. The number of hydrogen-bond donors (Lipinski definition) is 2. The minimum atomic E-state index is -0.154. The van der Waals surface area contributed by atoms with Crippen LogP contribution in [0.2, 0.25) is 0 Å². The average Bonchev–Trinajstić information content (AvgIpc) is 2.37. The average molecular weight is 245 g/mol. The number of rotatable bonds is 4. The van der Waals surface area contributed by atoms with Crippen LogP contribution >= 0.6 is 0 Å². The van der Waals surface area contributed by atoms with Gasteiger partial charge in [0.1, 0.15) is 6.61 Å². The van der Waals surface area contributed by atoms with Crippen molar-refractivity contribution in [3.05, 3.63) is 34.9 Å². The van der Waals surface area contributed by atoms with E-state index in [0.29, 0.717) is 12.1 Å². The molecule has 1 aromatic rings. The van der Waals surface area contributed by atoms with Crippen molar-refractivity contribution < 1.29 is 9.90 Å². The lowest BCUT2D eigenvalue weighted by Gasteiger charge is -2.06. The van der Waals surface area contributed by atoms with Crippen molar-refractivity contribution in [1.82, 2.24) is 5.32 Å². The maximum absolute atomic E-state index is 11.8. The maximum Gasteiger partial charge on any atom is 0.251 e. The summed E-state index contributed by atoms with van der Waals surface area (Å²) in [5.74, 6) is 5.40. The van der Waals surface area contributed by atoms with E-state index in [-0.39, 0.29) is 12.5 Å². The van der Waals surface area contributed by atoms with Gasteiger partial charge in [0.15, 0.2) is 0 Å². The van der Waals surface area contributed by atoms with Gasteiger partial charge in [-0.2, -0.15) is 0 Å². The smallest absolute Gasteiger partial charge is 0.251 e. The van der Waals surface area contributed by atoms with E-state index >= 15 is 0 Å². The van der Waals surface area contributed by atoms with Gasteiger partial charge in [0.2, 0.25) is 0 Å². The largest absolute Gasteiger partial charge is 0.384 e. The molecule has 0 radical (unpaired) electrons. The lowest BCUT2D eigenvalue weighted by Crippen LogP contribution is -2.24. The molecule has 0 fully saturated rings. The normalized spacial score (nSPS) is 9.50. The summed E-state index contributed by atoms with van der Waals surface area (Å²) in [5.41, 5.74) is 2.44. The van der Waals surface area contributed by atoms with Crippen LogP contribution in [-0.2, 0) is 0 Å². The number of hydrogen-bond acceptors (Lipinski definition) is 2. The highest BCUT2D eigenvalue weighted by atomic mass is 16.2. The number of amides is 1. The fraction of sp³-hybridized carbons (Fsp3) is 0.400. The Balaban J connectivity index is 2.74. The molecule has 0 bridgehead atoms. The Labute approximate surface area is 108 Å². The summed E-state index contributed by atoms with van der Waals surface area (Å²) >= 11 is 0. The third-order valence-electron chi connectivity index (χ3n) is 2.61. The van der Waals surface area contributed by atoms with Crippen LogP contribution in [0.25, 0.3) is 0 Å². The summed E-state index contributed by atoms with van der Waals surface area (Å²) < 4.78 is 0. The Bertz CT molecular complexity index is 469. The first-order valence-electron chi connectivity index (χ1n) is 6.17. The Morgan fingerprint density at radius 1 is 1.44 bits per heavy atom. The van der Waals surface area contributed by atoms with Crippen molar-refractivity contribution in [2.75, 3.05) is 13.2 Å². The highest BCUT2D eigenvalue weighted by molar-refractivity contribution is 5.94. The van der Waals surface area contributed by atoms with Gasteiger partial charge in [0.05, 0.1) is 0 Å². The molecule has 3 heteroatoms. The maximum atomic E-state index is 11.8. The predicted octanol–water partition coefficient (Wildman–Crippen LogP) is 1.87. The highest BCUT2D eigenvalue weighted by Crippen LogP contribution is 2.10. The minimum Gasteiger partial charge on any atom is -0.384 e. The molecule has 0 unspecified atom stereocenters. The van der Waals surface area contributed by atoms with Crippen molar-refractivity contribution in [2.24, 2.45) is 0 Å². The van der Waals surface area contributed by atoms with Crippen LogP contribution in [0, 0.1) is 18.8 Å². The molecular formula is C15H19NO2. The number of benzene rings is 1. The third-order valence-corrected chi connectivity index (χ3v) is 2.61. The SMILES string of the molecule is CCCCNC(=O)c1ccc(C#CCO)c(C)c1. The Morgan fingerprint density at radius 3 is 2.83 bits per heavy atom. The fourth-order valence-corrected chi connectivity index (χ4v) is 1.56. The molecule has 0 spiro atoms. The lowest BCUT2D eigenvalue weighted by atomic mass is 10.0. The number of aryl methyl sites for hydroxylation is 1. The third kappa shape index (κ3) is 4.23. The van der Waals surface area contributed by atoms with E-state index in [9.17, 15) is 4.79 Å². The molecule has 2 N–H and O–H groups in total. The standard InChI is InChI=1S/C15H19NO2/c1-3-4-9-16-15(18)14-8-7-13(6-5-10-17)12(2)11-14/h7-8,11,17H,3-4,9-10H2,1-2H3,(H,16,18). The van der Waals surface area contributed by atoms with Gasteiger partial charge in [-0.3, -0.25) is 4.79 Å². The molecule has 0 aromatic heterocycles. The highest BCUT2D eigenvalue weighted by Gasteiger charge is 2.06.